The number of benzene rings is 1. The van der Waals surface area contributed by atoms with Gasteiger partial charge in [0.2, 0.25) is 0 Å². The van der Waals surface area contributed by atoms with E-state index in [1.807, 2.05) is 54.8 Å². The summed E-state index contributed by atoms with van der Waals surface area (Å²) >= 11 is 1.43. The number of hydrogen-bond acceptors (Lipinski definition) is 4. The zero-order valence-corrected chi connectivity index (χ0v) is 16.5. The molecule has 3 aromatic rings. The van der Waals surface area contributed by atoms with Crippen LogP contribution in [0.3, 0.4) is 0 Å². The average molecular weight is 369 g/mol. The number of aromatic nitrogens is 4. The highest BCUT2D eigenvalue weighted by molar-refractivity contribution is 7.99. The predicted octanol–water partition coefficient (Wildman–Crippen LogP) is 4.38. The van der Waals surface area contributed by atoms with Crippen LogP contribution < -0.4 is 0 Å². The molecule has 0 amide bonds. The Bertz CT molecular complexity index is 912. The van der Waals surface area contributed by atoms with Crippen molar-refractivity contribution in [3.63, 3.8) is 0 Å². The van der Waals surface area contributed by atoms with E-state index in [9.17, 15) is 4.79 Å². The second kappa shape index (κ2) is 7.91. The molecule has 0 radical (unpaired) electrons. The van der Waals surface area contributed by atoms with Gasteiger partial charge in [-0.3, -0.25) is 9.36 Å². The van der Waals surface area contributed by atoms with Crippen LogP contribution in [0.4, 0.5) is 0 Å². The summed E-state index contributed by atoms with van der Waals surface area (Å²) in [7, 11) is 0. The molecule has 26 heavy (non-hydrogen) atoms. The molecule has 0 aliphatic carbocycles. The van der Waals surface area contributed by atoms with Crippen molar-refractivity contribution in [2.75, 3.05) is 5.75 Å². The topological polar surface area (TPSA) is 52.7 Å². The minimum atomic E-state index is 0.130. The number of aryl methyl sites for hydroxylation is 2. The molecule has 5 nitrogen and oxygen atoms in total. The third-order valence-electron chi connectivity index (χ3n) is 4.46. The Hall–Kier alpha value is -2.34. The molecule has 0 saturated heterocycles. The van der Waals surface area contributed by atoms with Crippen LogP contribution in [0.5, 0.6) is 0 Å². The highest BCUT2D eigenvalue weighted by Crippen LogP contribution is 2.24. The van der Waals surface area contributed by atoms with Crippen molar-refractivity contribution in [2.45, 2.75) is 45.8 Å². The molecule has 0 aliphatic heterocycles. The van der Waals surface area contributed by atoms with Gasteiger partial charge in [-0.15, -0.1) is 10.2 Å². The quantitative estimate of drug-likeness (QED) is 0.459. The second-order valence-corrected chi connectivity index (χ2v) is 7.29. The van der Waals surface area contributed by atoms with Gasteiger partial charge in [0.1, 0.15) is 5.82 Å². The van der Waals surface area contributed by atoms with Gasteiger partial charge in [-0.1, -0.05) is 36.9 Å². The van der Waals surface area contributed by atoms with Gasteiger partial charge < -0.3 is 4.57 Å². The fourth-order valence-corrected chi connectivity index (χ4v) is 4.05. The minimum Gasteiger partial charge on any atom is -0.348 e. The van der Waals surface area contributed by atoms with Crippen LogP contribution in [0.25, 0.3) is 5.69 Å². The third kappa shape index (κ3) is 3.60. The number of Topliss-reactive ketones (excluding diaryl/α,β-unsaturated/α-hetero) is 1. The van der Waals surface area contributed by atoms with E-state index >= 15 is 0 Å². The summed E-state index contributed by atoms with van der Waals surface area (Å²) in [5.74, 6) is 1.29. The summed E-state index contributed by atoms with van der Waals surface area (Å²) in [4.78, 5) is 12.8. The number of ketones is 1. The van der Waals surface area contributed by atoms with Crippen molar-refractivity contribution in [3.8, 4) is 5.69 Å². The summed E-state index contributed by atoms with van der Waals surface area (Å²) in [5, 5.41) is 9.17. The Morgan fingerprint density at radius 3 is 2.54 bits per heavy atom. The van der Waals surface area contributed by atoms with E-state index < -0.39 is 0 Å². The van der Waals surface area contributed by atoms with E-state index in [1.165, 1.54) is 11.8 Å². The van der Waals surface area contributed by atoms with Gasteiger partial charge in [-0.05, 0) is 45.4 Å². The molecule has 6 heteroatoms. The Kier molecular flexibility index (Phi) is 5.61. The first-order valence-corrected chi connectivity index (χ1v) is 9.81. The monoisotopic (exact) mass is 368 g/mol. The SMILES string of the molecule is CCCn1c(C)cc(C(=O)CSc2nnc(C)n2-c2ccccc2)c1C. The summed E-state index contributed by atoms with van der Waals surface area (Å²) in [6, 6.07) is 12.0. The number of nitrogens with zero attached hydrogens (tertiary/aromatic N) is 4. The first-order chi connectivity index (χ1) is 12.5. The van der Waals surface area contributed by atoms with Crippen molar-refractivity contribution in [1.82, 2.24) is 19.3 Å². The van der Waals surface area contributed by atoms with Crippen molar-refractivity contribution in [3.05, 3.63) is 59.2 Å². The third-order valence-corrected chi connectivity index (χ3v) is 5.39. The highest BCUT2D eigenvalue weighted by Gasteiger charge is 2.18. The average Bonchev–Trinajstić information content (AvgIpc) is 3.15. The second-order valence-electron chi connectivity index (χ2n) is 6.35. The number of thioether (sulfide) groups is 1. The zero-order valence-electron chi connectivity index (χ0n) is 15.7. The maximum atomic E-state index is 12.8. The first-order valence-electron chi connectivity index (χ1n) is 8.83. The van der Waals surface area contributed by atoms with Gasteiger partial charge >= 0.3 is 0 Å². The molecular weight excluding hydrogens is 344 g/mol. The molecule has 0 N–H and O–H groups in total. The van der Waals surface area contributed by atoms with Gasteiger partial charge in [0.15, 0.2) is 10.9 Å². The van der Waals surface area contributed by atoms with Crippen LogP contribution in [0.1, 0.15) is 40.9 Å². The molecule has 2 aromatic heterocycles. The van der Waals surface area contributed by atoms with Gasteiger partial charge in [0.25, 0.3) is 0 Å². The Morgan fingerprint density at radius 2 is 1.85 bits per heavy atom. The smallest absolute Gasteiger partial charge is 0.196 e. The lowest BCUT2D eigenvalue weighted by Gasteiger charge is -2.09. The molecular formula is C20H24N4OS. The number of hydrogen-bond donors (Lipinski definition) is 0. The summed E-state index contributed by atoms with van der Waals surface area (Å²) in [5.41, 5.74) is 4.01. The predicted molar refractivity (Wildman–Crippen MR) is 105 cm³/mol. The molecule has 0 bridgehead atoms. The summed E-state index contributed by atoms with van der Waals surface area (Å²) in [6.45, 7) is 9.10. The van der Waals surface area contributed by atoms with Crippen molar-refractivity contribution in [1.29, 1.82) is 0 Å². The fraction of sp³-hybridized carbons (Fsp3) is 0.350. The van der Waals surface area contributed by atoms with Crippen LogP contribution in [0, 0.1) is 20.8 Å². The molecule has 3 rings (SSSR count). The van der Waals surface area contributed by atoms with E-state index in [1.54, 1.807) is 0 Å². The lowest BCUT2D eigenvalue weighted by Crippen LogP contribution is -2.07. The molecule has 0 fully saturated rings. The van der Waals surface area contributed by atoms with Crippen LogP contribution >= 0.6 is 11.8 Å². The highest BCUT2D eigenvalue weighted by atomic mass is 32.2. The first kappa shape index (κ1) is 18.5. The summed E-state index contributed by atoms with van der Waals surface area (Å²) in [6.07, 6.45) is 1.05. The van der Waals surface area contributed by atoms with Crippen LogP contribution in [-0.4, -0.2) is 30.9 Å². The summed E-state index contributed by atoms with van der Waals surface area (Å²) < 4.78 is 4.20. The molecule has 2 heterocycles. The van der Waals surface area contributed by atoms with Crippen molar-refractivity contribution >= 4 is 17.5 Å². The lowest BCUT2D eigenvalue weighted by molar-refractivity contribution is 0.102. The molecule has 0 aliphatic rings. The van der Waals surface area contributed by atoms with Crippen LogP contribution in [-0.2, 0) is 6.54 Å². The van der Waals surface area contributed by atoms with E-state index in [4.69, 9.17) is 0 Å². The Labute approximate surface area is 158 Å². The number of rotatable bonds is 7. The normalized spacial score (nSPS) is 11.1. The lowest BCUT2D eigenvalue weighted by atomic mass is 10.2. The minimum absolute atomic E-state index is 0.130. The molecule has 1 aromatic carbocycles. The molecule has 0 spiro atoms. The number of para-hydroxylation sites is 1. The number of carbonyl (C=O) groups excluding carboxylic acids is 1. The van der Waals surface area contributed by atoms with Crippen LogP contribution in [0.15, 0.2) is 41.6 Å². The maximum absolute atomic E-state index is 12.8. The zero-order chi connectivity index (χ0) is 18.7. The van der Waals surface area contributed by atoms with Crippen molar-refractivity contribution < 1.29 is 4.79 Å². The van der Waals surface area contributed by atoms with Crippen LogP contribution in [0.2, 0.25) is 0 Å². The van der Waals surface area contributed by atoms with Gasteiger partial charge in [0, 0.05) is 29.2 Å². The molecule has 0 unspecified atom stereocenters. The van der Waals surface area contributed by atoms with Gasteiger partial charge in [-0.25, -0.2) is 0 Å². The van der Waals surface area contributed by atoms with Crippen molar-refractivity contribution in [2.24, 2.45) is 0 Å². The molecule has 0 atom stereocenters. The molecule has 0 saturated carbocycles. The van der Waals surface area contributed by atoms with E-state index in [0.29, 0.717) is 5.75 Å². The molecule has 136 valence electrons. The maximum Gasteiger partial charge on any atom is 0.196 e. The van der Waals surface area contributed by atoms with E-state index in [0.717, 1.165) is 46.6 Å². The fourth-order valence-electron chi connectivity index (χ4n) is 3.17. The van der Waals surface area contributed by atoms with Gasteiger partial charge in [0.05, 0.1) is 5.75 Å². The van der Waals surface area contributed by atoms with E-state index in [2.05, 4.69) is 28.6 Å². The standard InChI is InChI=1S/C20H24N4OS/c1-5-11-23-14(2)12-18(15(23)3)19(25)13-26-20-22-21-16(4)24(20)17-9-7-6-8-10-17/h6-10,12H,5,11,13H2,1-4H3. The Morgan fingerprint density at radius 1 is 1.12 bits per heavy atom. The number of carbonyl (C=O) groups is 1. The Balaban J connectivity index is 1.79. The van der Waals surface area contributed by atoms with E-state index in [-0.39, 0.29) is 5.78 Å². The van der Waals surface area contributed by atoms with Gasteiger partial charge in [-0.2, -0.15) is 0 Å². The largest absolute Gasteiger partial charge is 0.348 e.